The first kappa shape index (κ1) is 21.4. The molecule has 4 rings (SSSR count). The zero-order valence-electron chi connectivity index (χ0n) is 15.9. The molecule has 3 aromatic rings. The molecule has 2 aromatic heterocycles. The van der Waals surface area contributed by atoms with Crippen LogP contribution < -0.4 is 4.90 Å². The van der Waals surface area contributed by atoms with Gasteiger partial charge >= 0.3 is 6.18 Å². The molecule has 1 N–H and O–H groups in total. The predicted molar refractivity (Wildman–Crippen MR) is 107 cm³/mol. The Morgan fingerprint density at radius 1 is 1.30 bits per heavy atom. The number of carbonyl (C=O) groups is 1. The van der Waals surface area contributed by atoms with Gasteiger partial charge in [0.25, 0.3) is 5.91 Å². The van der Waals surface area contributed by atoms with E-state index in [0.717, 1.165) is 12.1 Å². The van der Waals surface area contributed by atoms with Gasteiger partial charge in [0, 0.05) is 12.2 Å². The number of hydrogen-bond donors (Lipinski definition) is 1. The number of nitrogens with one attached hydrogen (secondary N) is 1. The lowest BCUT2D eigenvalue weighted by Gasteiger charge is -2.32. The zero-order valence-corrected chi connectivity index (χ0v) is 16.9. The van der Waals surface area contributed by atoms with Crippen molar-refractivity contribution < 1.29 is 18.0 Å². The van der Waals surface area contributed by atoms with E-state index in [2.05, 4.69) is 15.1 Å². The second-order valence-corrected chi connectivity index (χ2v) is 6.84. The van der Waals surface area contributed by atoms with Crippen molar-refractivity contribution in [1.29, 1.82) is 5.26 Å². The van der Waals surface area contributed by atoms with Crippen LogP contribution in [0.3, 0.4) is 0 Å². The van der Waals surface area contributed by atoms with Crippen LogP contribution in [0.5, 0.6) is 0 Å². The number of amides is 1. The fourth-order valence-electron chi connectivity index (χ4n) is 3.48. The summed E-state index contributed by atoms with van der Waals surface area (Å²) in [6.45, 7) is 3.85. The molecular formula is C19H17F3N6OS. The molecule has 0 radical (unpaired) electrons. The van der Waals surface area contributed by atoms with Gasteiger partial charge in [0.1, 0.15) is 11.5 Å². The van der Waals surface area contributed by atoms with Crippen molar-refractivity contribution in [1.82, 2.24) is 19.7 Å². The van der Waals surface area contributed by atoms with Crippen molar-refractivity contribution in [2.24, 2.45) is 0 Å². The molecule has 1 aliphatic rings. The summed E-state index contributed by atoms with van der Waals surface area (Å²) < 4.78 is 40.9. The molecule has 3 heterocycles. The summed E-state index contributed by atoms with van der Waals surface area (Å²) in [5.74, 6) is 0.265. The predicted octanol–water partition coefficient (Wildman–Crippen LogP) is 3.81. The number of imidazole rings is 1. The van der Waals surface area contributed by atoms with E-state index in [4.69, 9.17) is 5.26 Å². The molecule has 1 aliphatic heterocycles. The summed E-state index contributed by atoms with van der Waals surface area (Å²) in [7, 11) is 0. The molecule has 0 spiro atoms. The van der Waals surface area contributed by atoms with Gasteiger partial charge < -0.3 is 9.88 Å². The minimum absolute atomic E-state index is 0. The monoisotopic (exact) mass is 434 g/mol. The average Bonchev–Trinajstić information content (AvgIpc) is 3.30. The Hall–Kier alpha value is -3.26. The number of aryl methyl sites for hydroxylation is 1. The second-order valence-electron chi connectivity index (χ2n) is 6.84. The van der Waals surface area contributed by atoms with E-state index < -0.39 is 23.2 Å². The van der Waals surface area contributed by atoms with Crippen LogP contribution in [-0.2, 0) is 6.18 Å². The second kappa shape index (κ2) is 7.53. The van der Waals surface area contributed by atoms with Crippen molar-refractivity contribution in [2.75, 3.05) is 11.4 Å². The lowest BCUT2D eigenvalue weighted by molar-refractivity contribution is -0.137. The molecular weight excluding hydrogens is 417 g/mol. The minimum Gasteiger partial charge on any atom is -0.342 e. The highest BCUT2D eigenvalue weighted by Gasteiger charge is 2.37. The van der Waals surface area contributed by atoms with E-state index in [1.165, 1.54) is 11.0 Å². The van der Waals surface area contributed by atoms with Crippen molar-refractivity contribution in [2.45, 2.75) is 26.1 Å². The number of alkyl halides is 3. The Labute approximate surface area is 176 Å². The molecule has 156 valence electrons. The number of fused-ring (bicyclic) bond motifs is 1. The fourth-order valence-corrected chi connectivity index (χ4v) is 3.48. The third kappa shape index (κ3) is 3.43. The van der Waals surface area contributed by atoms with Crippen molar-refractivity contribution in [3.8, 4) is 17.3 Å². The lowest BCUT2D eigenvalue weighted by Crippen LogP contribution is -2.43. The van der Waals surface area contributed by atoms with E-state index in [1.54, 1.807) is 30.1 Å². The molecule has 0 saturated heterocycles. The molecule has 1 aromatic carbocycles. The van der Waals surface area contributed by atoms with Crippen LogP contribution in [0, 0.1) is 18.3 Å². The van der Waals surface area contributed by atoms with Gasteiger partial charge in [-0.25, -0.2) is 4.98 Å². The highest BCUT2D eigenvalue weighted by Crippen LogP contribution is 2.36. The van der Waals surface area contributed by atoms with Crippen molar-refractivity contribution in [3.63, 3.8) is 0 Å². The summed E-state index contributed by atoms with van der Waals surface area (Å²) in [5, 5.41) is 13.5. The van der Waals surface area contributed by atoms with E-state index >= 15 is 0 Å². The third-order valence-corrected chi connectivity index (χ3v) is 4.84. The van der Waals surface area contributed by atoms with Gasteiger partial charge in [-0.1, -0.05) is 0 Å². The number of benzene rings is 1. The highest BCUT2D eigenvalue weighted by atomic mass is 32.1. The lowest BCUT2D eigenvalue weighted by atomic mass is 10.0. The number of nitrogens with zero attached hydrogens (tertiary/aromatic N) is 5. The zero-order chi connectivity index (χ0) is 20.9. The third-order valence-electron chi connectivity index (χ3n) is 4.84. The molecule has 0 aliphatic carbocycles. The van der Waals surface area contributed by atoms with Gasteiger partial charge in [0.2, 0.25) is 0 Å². The summed E-state index contributed by atoms with van der Waals surface area (Å²) in [6, 6.07) is 4.49. The van der Waals surface area contributed by atoms with Gasteiger partial charge in [0.15, 0.2) is 0 Å². The Morgan fingerprint density at radius 3 is 2.63 bits per heavy atom. The van der Waals surface area contributed by atoms with Crippen LogP contribution in [0.4, 0.5) is 18.9 Å². The number of aromatic amines is 1. The SMILES string of the molecule is Cc1ncc(-c2cnn3c2C(=O)N(c2ccc(C(F)(F)F)c(C#N)c2)C[C@@H]3C)[nH]1.S. The molecule has 0 unspecified atom stereocenters. The fraction of sp³-hybridized carbons (Fsp3) is 0.263. The molecule has 11 heteroatoms. The number of rotatable bonds is 2. The summed E-state index contributed by atoms with van der Waals surface area (Å²) in [4.78, 5) is 21.8. The average molecular weight is 434 g/mol. The van der Waals surface area contributed by atoms with E-state index in [0.29, 0.717) is 22.8 Å². The Kier molecular flexibility index (Phi) is 5.38. The number of halogens is 3. The molecule has 7 nitrogen and oxygen atoms in total. The maximum absolute atomic E-state index is 13.2. The van der Waals surface area contributed by atoms with Crippen LogP contribution in [0.25, 0.3) is 11.3 Å². The highest BCUT2D eigenvalue weighted by molar-refractivity contribution is 7.59. The first-order valence-electron chi connectivity index (χ1n) is 8.73. The molecule has 1 amide bonds. The van der Waals surface area contributed by atoms with Gasteiger partial charge in [-0.3, -0.25) is 9.48 Å². The summed E-state index contributed by atoms with van der Waals surface area (Å²) in [6.07, 6.45) is -1.49. The number of nitriles is 1. The van der Waals surface area contributed by atoms with Crippen LogP contribution in [0.15, 0.2) is 30.6 Å². The standard InChI is InChI=1S/C19H15F3N6O.H2S/c1-10-9-27(13-3-4-15(19(20,21)22)12(5-13)6-23)18(29)17-14(7-25-28(10)17)16-8-24-11(2)26-16;/h3-5,7-8,10H,9H2,1-2H3,(H,24,26);1H2/t10-;/m0./s1. The number of carbonyl (C=O) groups excluding carboxylic acids is 1. The van der Waals surface area contributed by atoms with E-state index in [-0.39, 0.29) is 31.8 Å². The molecule has 0 saturated carbocycles. The molecule has 0 fully saturated rings. The first-order chi connectivity index (χ1) is 13.7. The number of anilines is 1. The van der Waals surface area contributed by atoms with Crippen LogP contribution in [0.1, 0.15) is 40.4 Å². The molecule has 30 heavy (non-hydrogen) atoms. The van der Waals surface area contributed by atoms with Gasteiger partial charge in [-0.05, 0) is 32.0 Å². The minimum atomic E-state index is -4.65. The molecule has 0 bridgehead atoms. The largest absolute Gasteiger partial charge is 0.417 e. The summed E-state index contributed by atoms with van der Waals surface area (Å²) >= 11 is 0. The van der Waals surface area contributed by atoms with Crippen molar-refractivity contribution in [3.05, 3.63) is 53.2 Å². The smallest absolute Gasteiger partial charge is 0.342 e. The Balaban J connectivity index is 0.00000256. The Morgan fingerprint density at radius 2 is 2.03 bits per heavy atom. The van der Waals surface area contributed by atoms with E-state index in [9.17, 15) is 18.0 Å². The van der Waals surface area contributed by atoms with Gasteiger partial charge in [0.05, 0.1) is 46.9 Å². The topological polar surface area (TPSA) is 90.6 Å². The number of aromatic nitrogens is 4. The normalized spacial score (nSPS) is 16.1. The van der Waals surface area contributed by atoms with Crippen LogP contribution in [0.2, 0.25) is 0 Å². The van der Waals surface area contributed by atoms with Crippen molar-refractivity contribution >= 4 is 25.1 Å². The number of hydrogen-bond acceptors (Lipinski definition) is 4. The van der Waals surface area contributed by atoms with Crippen LogP contribution in [-0.4, -0.2) is 32.2 Å². The van der Waals surface area contributed by atoms with Gasteiger partial charge in [-0.15, -0.1) is 0 Å². The Bertz CT molecular complexity index is 1160. The molecule has 1 atom stereocenters. The maximum atomic E-state index is 13.2. The number of H-pyrrole nitrogens is 1. The first-order valence-corrected chi connectivity index (χ1v) is 8.73. The van der Waals surface area contributed by atoms with Gasteiger partial charge in [-0.2, -0.15) is 37.0 Å². The van der Waals surface area contributed by atoms with Crippen LogP contribution >= 0.6 is 13.5 Å². The maximum Gasteiger partial charge on any atom is 0.417 e. The quantitative estimate of drug-likeness (QED) is 0.664. The summed E-state index contributed by atoms with van der Waals surface area (Å²) in [5.41, 5.74) is 0.158. The van der Waals surface area contributed by atoms with E-state index in [1.807, 2.05) is 6.92 Å².